The third kappa shape index (κ3) is 2.85. The highest BCUT2D eigenvalue weighted by molar-refractivity contribution is 5.50. The van der Waals surface area contributed by atoms with Gasteiger partial charge >= 0.3 is 0 Å². The number of imidazole rings is 1. The van der Waals surface area contributed by atoms with Gasteiger partial charge in [0.2, 0.25) is 0 Å². The molecule has 1 unspecified atom stereocenters. The van der Waals surface area contributed by atoms with E-state index < -0.39 is 0 Å². The van der Waals surface area contributed by atoms with E-state index in [9.17, 15) is 0 Å². The number of rotatable bonds is 5. The molecule has 6 nitrogen and oxygen atoms in total. The average Bonchev–Trinajstić information content (AvgIpc) is 2.84. The third-order valence-electron chi connectivity index (χ3n) is 3.50. The van der Waals surface area contributed by atoms with Crippen LogP contribution < -0.4 is 10.6 Å². The van der Waals surface area contributed by atoms with E-state index in [-0.39, 0.29) is 6.04 Å². The van der Waals surface area contributed by atoms with Crippen LogP contribution >= 0.6 is 0 Å². The van der Waals surface area contributed by atoms with E-state index in [2.05, 4.69) is 22.0 Å². The molecule has 20 heavy (non-hydrogen) atoms. The quantitative estimate of drug-likeness (QED) is 0.884. The van der Waals surface area contributed by atoms with Gasteiger partial charge in [0.15, 0.2) is 0 Å². The van der Waals surface area contributed by atoms with Crippen molar-refractivity contribution in [1.82, 2.24) is 19.3 Å². The van der Waals surface area contributed by atoms with Gasteiger partial charge < -0.3 is 15.2 Å². The van der Waals surface area contributed by atoms with Crippen LogP contribution in [0.1, 0.15) is 24.0 Å². The molecule has 0 radical (unpaired) electrons. The van der Waals surface area contributed by atoms with Crippen molar-refractivity contribution in [2.24, 2.45) is 19.8 Å². The maximum atomic E-state index is 5.96. The van der Waals surface area contributed by atoms with Crippen LogP contribution in [0.4, 0.5) is 5.82 Å². The van der Waals surface area contributed by atoms with Crippen molar-refractivity contribution in [3.8, 4) is 0 Å². The standard InChI is InChI=1S/C14H24N6/c1-10(15)8-12-11(2)17-20(5)14(12)19(4)9-13-16-6-7-18(13)3/h6-7,10H,8-9,15H2,1-5H3. The average molecular weight is 276 g/mol. The summed E-state index contributed by atoms with van der Waals surface area (Å²) >= 11 is 0. The van der Waals surface area contributed by atoms with E-state index in [1.807, 2.05) is 49.6 Å². The summed E-state index contributed by atoms with van der Waals surface area (Å²) < 4.78 is 3.96. The van der Waals surface area contributed by atoms with Gasteiger partial charge in [-0.2, -0.15) is 5.10 Å². The smallest absolute Gasteiger partial charge is 0.130 e. The highest BCUT2D eigenvalue weighted by Gasteiger charge is 2.18. The van der Waals surface area contributed by atoms with Gasteiger partial charge in [0, 0.05) is 45.1 Å². The molecule has 0 spiro atoms. The Morgan fingerprint density at radius 1 is 1.40 bits per heavy atom. The summed E-state index contributed by atoms with van der Waals surface area (Å²) in [7, 11) is 6.05. The maximum absolute atomic E-state index is 5.96. The Balaban J connectivity index is 2.29. The zero-order valence-electron chi connectivity index (χ0n) is 13.0. The van der Waals surface area contributed by atoms with Gasteiger partial charge in [0.1, 0.15) is 11.6 Å². The number of hydrogen-bond acceptors (Lipinski definition) is 4. The first-order valence-corrected chi connectivity index (χ1v) is 6.85. The van der Waals surface area contributed by atoms with Crippen LogP contribution in [-0.4, -0.2) is 32.4 Å². The molecular weight excluding hydrogens is 252 g/mol. The SMILES string of the molecule is Cc1nn(C)c(N(C)Cc2nccn2C)c1CC(C)N. The Hall–Kier alpha value is -1.82. The molecular formula is C14H24N6. The number of aromatic nitrogens is 4. The molecule has 1 atom stereocenters. The second-order valence-electron chi connectivity index (χ2n) is 5.50. The molecule has 0 fully saturated rings. The molecule has 110 valence electrons. The highest BCUT2D eigenvalue weighted by atomic mass is 15.4. The Morgan fingerprint density at radius 2 is 2.10 bits per heavy atom. The van der Waals surface area contributed by atoms with E-state index >= 15 is 0 Å². The lowest BCUT2D eigenvalue weighted by Gasteiger charge is -2.21. The summed E-state index contributed by atoms with van der Waals surface area (Å²) in [6, 6.07) is 0.123. The van der Waals surface area contributed by atoms with Crippen molar-refractivity contribution < 1.29 is 0 Å². The minimum Gasteiger partial charge on any atom is -0.352 e. The molecule has 2 aromatic heterocycles. The van der Waals surface area contributed by atoms with Gasteiger partial charge in [-0.1, -0.05) is 0 Å². The highest BCUT2D eigenvalue weighted by Crippen LogP contribution is 2.24. The minimum absolute atomic E-state index is 0.123. The lowest BCUT2D eigenvalue weighted by molar-refractivity contribution is 0.693. The first-order valence-electron chi connectivity index (χ1n) is 6.85. The summed E-state index contributed by atoms with van der Waals surface area (Å²) in [5, 5.41) is 4.53. The van der Waals surface area contributed by atoms with Gasteiger partial charge in [-0.15, -0.1) is 0 Å². The van der Waals surface area contributed by atoms with Gasteiger partial charge in [-0.05, 0) is 20.3 Å². The molecule has 0 aliphatic rings. The summed E-state index contributed by atoms with van der Waals surface area (Å²) in [6.07, 6.45) is 4.61. The van der Waals surface area contributed by atoms with Gasteiger partial charge in [-0.3, -0.25) is 4.68 Å². The number of anilines is 1. The molecule has 2 rings (SSSR count). The second-order valence-corrected chi connectivity index (χ2v) is 5.50. The third-order valence-corrected chi connectivity index (χ3v) is 3.50. The number of aryl methyl sites for hydroxylation is 3. The van der Waals surface area contributed by atoms with E-state index in [0.717, 1.165) is 30.3 Å². The Bertz CT molecular complexity index is 580. The molecule has 0 aliphatic carbocycles. The summed E-state index contributed by atoms with van der Waals surface area (Å²) in [5.74, 6) is 2.14. The fourth-order valence-electron chi connectivity index (χ4n) is 2.56. The second kappa shape index (κ2) is 5.66. The van der Waals surface area contributed by atoms with E-state index in [4.69, 9.17) is 5.73 Å². The zero-order valence-corrected chi connectivity index (χ0v) is 13.0. The van der Waals surface area contributed by atoms with Crippen LogP contribution in [0.5, 0.6) is 0 Å². The molecule has 0 aliphatic heterocycles. The summed E-state index contributed by atoms with van der Waals surface area (Å²) in [4.78, 5) is 6.56. The zero-order chi connectivity index (χ0) is 14.9. The van der Waals surface area contributed by atoms with Crippen molar-refractivity contribution >= 4 is 5.82 Å². The predicted octanol–water partition coefficient (Wildman–Crippen LogP) is 0.988. The van der Waals surface area contributed by atoms with Gasteiger partial charge in [-0.25, -0.2) is 4.98 Å². The van der Waals surface area contributed by atoms with Crippen LogP contribution in [0, 0.1) is 6.92 Å². The molecule has 0 amide bonds. The van der Waals surface area contributed by atoms with Gasteiger partial charge in [0.25, 0.3) is 0 Å². The fourth-order valence-corrected chi connectivity index (χ4v) is 2.56. The molecule has 2 heterocycles. The molecule has 0 saturated heterocycles. The van der Waals surface area contributed by atoms with Gasteiger partial charge in [0.05, 0.1) is 12.2 Å². The van der Waals surface area contributed by atoms with Crippen molar-refractivity contribution in [3.05, 3.63) is 29.5 Å². The largest absolute Gasteiger partial charge is 0.352 e. The fraction of sp³-hybridized carbons (Fsp3) is 0.571. The topological polar surface area (TPSA) is 64.9 Å². The Morgan fingerprint density at radius 3 is 2.65 bits per heavy atom. The Kier molecular flexibility index (Phi) is 4.13. The normalized spacial score (nSPS) is 12.7. The lowest BCUT2D eigenvalue weighted by Crippen LogP contribution is -2.25. The van der Waals surface area contributed by atoms with Crippen LogP contribution in [0.15, 0.2) is 12.4 Å². The number of nitrogens with zero attached hydrogens (tertiary/aromatic N) is 5. The molecule has 0 aromatic carbocycles. The first kappa shape index (κ1) is 14.6. The van der Waals surface area contributed by atoms with Crippen molar-refractivity contribution in [3.63, 3.8) is 0 Å². The maximum Gasteiger partial charge on any atom is 0.130 e. The number of nitrogens with two attached hydrogens (primary N) is 1. The molecule has 0 saturated carbocycles. The lowest BCUT2D eigenvalue weighted by atomic mass is 10.1. The van der Waals surface area contributed by atoms with Crippen molar-refractivity contribution in [1.29, 1.82) is 0 Å². The number of hydrogen-bond donors (Lipinski definition) is 1. The molecule has 2 aromatic rings. The Labute approximate surface area is 120 Å². The van der Waals surface area contributed by atoms with E-state index in [0.29, 0.717) is 0 Å². The van der Waals surface area contributed by atoms with Crippen LogP contribution in [0.3, 0.4) is 0 Å². The van der Waals surface area contributed by atoms with Crippen molar-refractivity contribution in [2.75, 3.05) is 11.9 Å². The first-order chi connectivity index (χ1) is 9.40. The van der Waals surface area contributed by atoms with Crippen LogP contribution in [-0.2, 0) is 27.1 Å². The van der Waals surface area contributed by atoms with Crippen LogP contribution in [0.25, 0.3) is 0 Å². The van der Waals surface area contributed by atoms with E-state index in [1.54, 1.807) is 0 Å². The molecule has 2 N–H and O–H groups in total. The molecule has 6 heteroatoms. The molecule has 0 bridgehead atoms. The van der Waals surface area contributed by atoms with Crippen LogP contribution in [0.2, 0.25) is 0 Å². The predicted molar refractivity (Wildman–Crippen MR) is 80.6 cm³/mol. The van der Waals surface area contributed by atoms with E-state index in [1.165, 1.54) is 5.56 Å². The minimum atomic E-state index is 0.123. The summed E-state index contributed by atoms with van der Waals surface area (Å²) in [5.41, 5.74) is 8.23. The summed E-state index contributed by atoms with van der Waals surface area (Å²) in [6.45, 7) is 4.80. The monoisotopic (exact) mass is 276 g/mol. The van der Waals surface area contributed by atoms with Crippen molar-refractivity contribution in [2.45, 2.75) is 32.9 Å².